The third-order valence-corrected chi connectivity index (χ3v) is 5.30. The van der Waals surface area contributed by atoms with E-state index in [4.69, 9.17) is 9.47 Å². The molecule has 1 heterocycles. The lowest BCUT2D eigenvalue weighted by Gasteiger charge is -2.12. The number of carbonyl (C=O) groups is 1. The van der Waals surface area contributed by atoms with E-state index in [0.717, 1.165) is 33.4 Å². The summed E-state index contributed by atoms with van der Waals surface area (Å²) in [6.07, 6.45) is 0.816. The molecule has 0 aliphatic rings. The van der Waals surface area contributed by atoms with Gasteiger partial charge in [-0.1, -0.05) is 12.1 Å². The first-order valence-electron chi connectivity index (χ1n) is 8.66. The fourth-order valence-corrected chi connectivity index (χ4v) is 3.72. The van der Waals surface area contributed by atoms with Gasteiger partial charge in [0.05, 0.1) is 30.8 Å². The highest BCUT2D eigenvalue weighted by molar-refractivity contribution is 14.1. The number of ether oxygens (including phenoxy) is 2. The molecular formula is C20H22IN3O3. The number of rotatable bonds is 7. The molecule has 7 heteroatoms. The Hall–Kier alpha value is -2.29. The van der Waals surface area contributed by atoms with Crippen LogP contribution in [0.5, 0.6) is 11.5 Å². The molecule has 0 saturated heterocycles. The van der Waals surface area contributed by atoms with Gasteiger partial charge >= 0.3 is 0 Å². The molecule has 6 nitrogen and oxygen atoms in total. The van der Waals surface area contributed by atoms with Gasteiger partial charge in [-0.25, -0.2) is 4.98 Å². The monoisotopic (exact) mass is 479 g/mol. The molecule has 27 heavy (non-hydrogen) atoms. The highest BCUT2D eigenvalue weighted by Gasteiger charge is 2.15. The number of imidazole rings is 1. The number of aromatic nitrogens is 2. The third kappa shape index (κ3) is 4.18. The van der Waals surface area contributed by atoms with Crippen molar-refractivity contribution in [2.45, 2.75) is 19.9 Å². The van der Waals surface area contributed by atoms with Gasteiger partial charge < -0.3 is 19.4 Å². The van der Waals surface area contributed by atoms with Crippen LogP contribution < -0.4 is 14.8 Å². The smallest absolute Gasteiger partial charge is 0.252 e. The molecule has 0 bridgehead atoms. The van der Waals surface area contributed by atoms with Gasteiger partial charge in [0.15, 0.2) is 11.5 Å². The van der Waals surface area contributed by atoms with Crippen molar-refractivity contribution in [3.8, 4) is 11.5 Å². The second-order valence-corrected chi connectivity index (χ2v) is 7.26. The minimum absolute atomic E-state index is 0.118. The molecule has 0 aliphatic heterocycles. The minimum Gasteiger partial charge on any atom is -0.493 e. The number of para-hydroxylation sites is 2. The summed E-state index contributed by atoms with van der Waals surface area (Å²) in [5.74, 6) is 2.02. The number of benzene rings is 2. The average molecular weight is 479 g/mol. The lowest BCUT2D eigenvalue weighted by atomic mass is 10.2. The van der Waals surface area contributed by atoms with E-state index in [2.05, 4.69) is 43.5 Å². The SMILES string of the molecule is COc1cc(I)c(C(=O)NCCCn2c(C)nc3ccccc32)cc1OC. The standard InChI is InChI=1S/C20H22IN3O3/c1-13-23-16-7-4-5-8-17(16)24(13)10-6-9-22-20(25)14-11-18(26-2)19(27-3)12-15(14)21/h4-5,7-8,11-12H,6,9-10H2,1-3H3,(H,22,25). The van der Waals surface area contributed by atoms with Crippen molar-refractivity contribution in [3.05, 3.63) is 51.4 Å². The van der Waals surface area contributed by atoms with Crippen molar-refractivity contribution in [1.29, 1.82) is 0 Å². The molecule has 142 valence electrons. The van der Waals surface area contributed by atoms with Crippen LogP contribution >= 0.6 is 22.6 Å². The molecule has 0 aliphatic carbocycles. The fourth-order valence-electron chi connectivity index (χ4n) is 3.04. The molecule has 3 rings (SSSR count). The number of nitrogens with one attached hydrogen (secondary N) is 1. The fraction of sp³-hybridized carbons (Fsp3) is 0.300. The number of aryl methyl sites for hydroxylation is 2. The Kier molecular flexibility index (Phi) is 6.20. The highest BCUT2D eigenvalue weighted by Crippen LogP contribution is 2.31. The van der Waals surface area contributed by atoms with E-state index in [1.165, 1.54) is 0 Å². The van der Waals surface area contributed by atoms with Crippen LogP contribution in [0.3, 0.4) is 0 Å². The number of halogens is 1. The summed E-state index contributed by atoms with van der Waals surface area (Å²) in [6.45, 7) is 3.38. The Bertz CT molecular complexity index is 969. The van der Waals surface area contributed by atoms with Gasteiger partial charge in [0.2, 0.25) is 0 Å². The second-order valence-electron chi connectivity index (χ2n) is 6.10. The van der Waals surface area contributed by atoms with E-state index in [1.807, 2.05) is 25.1 Å². The van der Waals surface area contributed by atoms with Crippen LogP contribution in [-0.4, -0.2) is 36.2 Å². The van der Waals surface area contributed by atoms with Crippen molar-refractivity contribution in [3.63, 3.8) is 0 Å². The lowest BCUT2D eigenvalue weighted by molar-refractivity contribution is 0.0951. The quantitative estimate of drug-likeness (QED) is 0.414. The molecule has 0 spiro atoms. The number of hydrogen-bond donors (Lipinski definition) is 1. The summed E-state index contributed by atoms with van der Waals surface area (Å²) in [4.78, 5) is 17.1. The summed E-state index contributed by atoms with van der Waals surface area (Å²) >= 11 is 2.13. The molecule has 3 aromatic rings. The average Bonchev–Trinajstić information content (AvgIpc) is 2.99. The molecular weight excluding hydrogens is 457 g/mol. The normalized spacial score (nSPS) is 10.8. The molecule has 0 unspecified atom stereocenters. The van der Waals surface area contributed by atoms with Gasteiger partial charge in [-0.2, -0.15) is 0 Å². The lowest BCUT2D eigenvalue weighted by Crippen LogP contribution is -2.26. The molecule has 2 aromatic carbocycles. The Morgan fingerprint density at radius 2 is 1.89 bits per heavy atom. The van der Waals surface area contributed by atoms with Gasteiger partial charge in [-0.3, -0.25) is 4.79 Å². The molecule has 0 radical (unpaired) electrons. The summed E-state index contributed by atoms with van der Waals surface area (Å²) in [6, 6.07) is 11.6. The van der Waals surface area contributed by atoms with Gasteiger partial charge in [-0.05, 0) is 60.2 Å². The molecule has 1 aromatic heterocycles. The van der Waals surface area contributed by atoms with Gasteiger partial charge in [0, 0.05) is 16.7 Å². The van der Waals surface area contributed by atoms with E-state index < -0.39 is 0 Å². The van der Waals surface area contributed by atoms with Crippen LogP contribution in [0.4, 0.5) is 0 Å². The van der Waals surface area contributed by atoms with E-state index in [0.29, 0.717) is 23.6 Å². The van der Waals surface area contributed by atoms with Crippen molar-refractivity contribution >= 4 is 39.5 Å². The first-order valence-corrected chi connectivity index (χ1v) is 9.74. The predicted octanol–water partition coefficient (Wildman–Crippen LogP) is 3.79. The molecule has 1 N–H and O–H groups in total. The maximum Gasteiger partial charge on any atom is 0.252 e. The van der Waals surface area contributed by atoms with Crippen LogP contribution in [0.15, 0.2) is 36.4 Å². The van der Waals surface area contributed by atoms with Crippen molar-refractivity contribution < 1.29 is 14.3 Å². The highest BCUT2D eigenvalue weighted by atomic mass is 127. The largest absolute Gasteiger partial charge is 0.493 e. The van der Waals surface area contributed by atoms with Crippen molar-refractivity contribution in [1.82, 2.24) is 14.9 Å². The van der Waals surface area contributed by atoms with E-state index in [1.54, 1.807) is 26.4 Å². The van der Waals surface area contributed by atoms with Crippen LogP contribution in [0.25, 0.3) is 11.0 Å². The topological polar surface area (TPSA) is 65.4 Å². The zero-order valence-electron chi connectivity index (χ0n) is 15.6. The van der Waals surface area contributed by atoms with E-state index >= 15 is 0 Å². The maximum atomic E-state index is 12.5. The van der Waals surface area contributed by atoms with Crippen LogP contribution in [-0.2, 0) is 6.54 Å². The number of amides is 1. The number of fused-ring (bicyclic) bond motifs is 1. The number of hydrogen-bond acceptors (Lipinski definition) is 4. The first-order chi connectivity index (χ1) is 13.0. The second kappa shape index (κ2) is 8.60. The number of carbonyl (C=O) groups excluding carboxylic acids is 1. The van der Waals surface area contributed by atoms with Crippen molar-refractivity contribution in [2.24, 2.45) is 0 Å². The summed E-state index contributed by atoms with van der Waals surface area (Å²) in [5, 5.41) is 2.98. The Morgan fingerprint density at radius 1 is 1.19 bits per heavy atom. The van der Waals surface area contributed by atoms with Gasteiger partial charge in [0.1, 0.15) is 5.82 Å². The molecule has 0 saturated carbocycles. The minimum atomic E-state index is -0.118. The summed E-state index contributed by atoms with van der Waals surface area (Å²) < 4.78 is 13.6. The van der Waals surface area contributed by atoms with Crippen LogP contribution in [0.1, 0.15) is 22.6 Å². The van der Waals surface area contributed by atoms with Crippen LogP contribution in [0.2, 0.25) is 0 Å². The number of nitrogens with zero attached hydrogens (tertiary/aromatic N) is 2. The molecule has 1 amide bonds. The Balaban J connectivity index is 1.62. The zero-order chi connectivity index (χ0) is 19.4. The van der Waals surface area contributed by atoms with Gasteiger partial charge in [0.25, 0.3) is 5.91 Å². The first kappa shape index (κ1) is 19.5. The van der Waals surface area contributed by atoms with Crippen LogP contribution in [0, 0.1) is 10.5 Å². The molecule has 0 fully saturated rings. The zero-order valence-corrected chi connectivity index (χ0v) is 17.7. The van der Waals surface area contributed by atoms with Crippen molar-refractivity contribution in [2.75, 3.05) is 20.8 Å². The third-order valence-electron chi connectivity index (χ3n) is 4.41. The van der Waals surface area contributed by atoms with E-state index in [9.17, 15) is 4.79 Å². The van der Waals surface area contributed by atoms with E-state index in [-0.39, 0.29) is 5.91 Å². The maximum absolute atomic E-state index is 12.5. The predicted molar refractivity (Wildman–Crippen MR) is 114 cm³/mol. The Morgan fingerprint density at radius 3 is 2.63 bits per heavy atom. The number of methoxy groups -OCH3 is 2. The Labute approximate surface area is 172 Å². The van der Waals surface area contributed by atoms with Gasteiger partial charge in [-0.15, -0.1) is 0 Å². The summed E-state index contributed by atoms with van der Waals surface area (Å²) in [5.41, 5.74) is 2.70. The molecule has 0 atom stereocenters. The summed E-state index contributed by atoms with van der Waals surface area (Å²) in [7, 11) is 3.14.